The number of aromatic nitrogens is 1. The molecule has 55 heavy (non-hydrogen) atoms. The van der Waals surface area contributed by atoms with Crippen LogP contribution < -0.4 is 0 Å². The lowest BCUT2D eigenvalue weighted by molar-refractivity contribution is 0.520. The maximum atomic E-state index is 3.45. The predicted molar refractivity (Wildman–Crippen MR) is 253 cm³/mol. The van der Waals surface area contributed by atoms with Crippen molar-refractivity contribution < 1.29 is 0 Å². The highest BCUT2D eigenvalue weighted by atomic mass is 14.7. The van der Waals surface area contributed by atoms with E-state index in [0.717, 1.165) is 0 Å². The minimum absolute atomic E-state index is 1.21. The van der Waals surface area contributed by atoms with E-state index in [1.54, 1.807) is 0 Å². The molecule has 322 valence electrons. The lowest BCUT2D eigenvalue weighted by atomic mass is 10.0. The van der Waals surface area contributed by atoms with E-state index in [4.69, 9.17) is 0 Å². The smallest absolute Gasteiger partial charge is 0.0450 e. The molecule has 0 radical (unpaired) electrons. The van der Waals surface area contributed by atoms with Gasteiger partial charge >= 0.3 is 0 Å². The van der Waals surface area contributed by atoms with Gasteiger partial charge in [-0.2, -0.15) is 0 Å². The molecule has 0 aliphatic carbocycles. The van der Waals surface area contributed by atoms with Crippen LogP contribution in [0.4, 0.5) is 0 Å². The van der Waals surface area contributed by atoms with E-state index in [2.05, 4.69) is 55.4 Å². The third kappa shape index (κ3) is 39.4. The summed E-state index contributed by atoms with van der Waals surface area (Å²) in [6.45, 7) is 4.62. The summed E-state index contributed by atoms with van der Waals surface area (Å²) in [5, 5.41) is 0. The van der Waals surface area contributed by atoms with E-state index < -0.39 is 0 Å². The van der Waals surface area contributed by atoms with Crippen LogP contribution in [0.25, 0.3) is 12.2 Å². The number of rotatable bonds is 46. The summed E-state index contributed by atoms with van der Waals surface area (Å²) in [6.07, 6.45) is 74.9. The van der Waals surface area contributed by atoms with Gasteiger partial charge in [0, 0.05) is 11.9 Å². The van der Waals surface area contributed by atoms with Gasteiger partial charge in [0.05, 0.1) is 0 Å². The summed E-state index contributed by atoms with van der Waals surface area (Å²) in [4.78, 5) is 3.45. The Morgan fingerprint density at radius 1 is 0.309 bits per heavy atom. The molecule has 1 heterocycles. The zero-order chi connectivity index (χ0) is 39.2. The lowest BCUT2D eigenvalue weighted by Gasteiger charge is -2.04. The number of H-pyrrole nitrogens is 1. The molecule has 0 saturated carbocycles. The van der Waals surface area contributed by atoms with Gasteiger partial charge in [0.15, 0.2) is 0 Å². The molecule has 1 nitrogen and oxygen atoms in total. The summed E-state index contributed by atoms with van der Waals surface area (Å²) in [5.74, 6) is 0. The Morgan fingerprint density at radius 3 is 0.818 bits per heavy atom. The van der Waals surface area contributed by atoms with Crippen molar-refractivity contribution in [1.82, 2.24) is 4.98 Å². The van der Waals surface area contributed by atoms with Crippen molar-refractivity contribution in [1.29, 1.82) is 0 Å². The van der Waals surface area contributed by atoms with Crippen LogP contribution in [0.5, 0.6) is 0 Å². The molecule has 1 rings (SSSR count). The predicted octanol–water partition coefficient (Wildman–Crippen LogP) is 20.2. The molecule has 1 aromatic rings. The largest absolute Gasteiger partial charge is 0.361 e. The van der Waals surface area contributed by atoms with Gasteiger partial charge in [-0.1, -0.05) is 289 Å². The number of hydrogen-bond acceptors (Lipinski definition) is 0. The average Bonchev–Trinajstić information content (AvgIpc) is 3.65. The second-order valence-corrected chi connectivity index (χ2v) is 17.9. The normalized spacial score (nSPS) is 12.0. The van der Waals surface area contributed by atoms with Gasteiger partial charge in [-0.25, -0.2) is 0 Å². The van der Waals surface area contributed by atoms with Crippen LogP contribution >= 0.6 is 0 Å². The first-order valence-electron chi connectivity index (χ1n) is 25.9. The van der Waals surface area contributed by atoms with Crippen molar-refractivity contribution >= 4 is 12.2 Å². The van der Waals surface area contributed by atoms with Gasteiger partial charge in [0.1, 0.15) is 0 Å². The molecule has 0 unspecified atom stereocenters. The Labute approximate surface area is 348 Å². The highest BCUT2D eigenvalue weighted by molar-refractivity contribution is 5.62. The SMILES string of the molecule is CCCCCCCCCCCCCCCCCCCCCCCC=Cc1cc[nH]c1C=CCCCCCCCCCCCCCCCCCCCCCCC. The Hall–Kier alpha value is -1.24. The van der Waals surface area contributed by atoms with Crippen LogP contribution in [-0.2, 0) is 0 Å². The molecule has 0 aromatic carbocycles. The van der Waals surface area contributed by atoms with Gasteiger partial charge in [-0.15, -0.1) is 0 Å². The first-order chi connectivity index (χ1) is 27.4. The number of unbranched alkanes of at least 4 members (excludes halogenated alkanes) is 42. The van der Waals surface area contributed by atoms with Crippen LogP contribution in [0.3, 0.4) is 0 Å². The van der Waals surface area contributed by atoms with E-state index in [1.807, 2.05) is 0 Å². The van der Waals surface area contributed by atoms with Crippen molar-refractivity contribution in [3.8, 4) is 0 Å². The van der Waals surface area contributed by atoms with E-state index >= 15 is 0 Å². The van der Waals surface area contributed by atoms with Crippen LogP contribution in [0, 0.1) is 0 Å². The summed E-state index contributed by atoms with van der Waals surface area (Å²) in [7, 11) is 0. The Morgan fingerprint density at radius 2 is 0.545 bits per heavy atom. The molecule has 0 atom stereocenters. The highest BCUT2D eigenvalue weighted by Gasteiger charge is 1.99. The molecular formula is C54H101N. The van der Waals surface area contributed by atoms with Crippen molar-refractivity contribution in [3.63, 3.8) is 0 Å². The molecule has 0 aliphatic rings. The van der Waals surface area contributed by atoms with Gasteiger partial charge in [0.25, 0.3) is 0 Å². The zero-order valence-corrected chi connectivity index (χ0v) is 38.1. The molecule has 0 saturated heterocycles. The molecule has 0 fully saturated rings. The number of hydrogen-bond donors (Lipinski definition) is 1. The number of aromatic amines is 1. The van der Waals surface area contributed by atoms with Gasteiger partial charge in [-0.3, -0.25) is 0 Å². The lowest BCUT2D eigenvalue weighted by Crippen LogP contribution is -1.84. The van der Waals surface area contributed by atoms with Crippen molar-refractivity contribution in [2.75, 3.05) is 0 Å². The number of allylic oxidation sites excluding steroid dienone is 2. The fraction of sp³-hybridized carbons (Fsp3) is 0.852. The molecule has 0 amide bonds. The monoisotopic (exact) mass is 764 g/mol. The second kappa shape index (κ2) is 45.5. The molecule has 0 spiro atoms. The highest BCUT2D eigenvalue weighted by Crippen LogP contribution is 2.18. The fourth-order valence-corrected chi connectivity index (χ4v) is 8.48. The maximum Gasteiger partial charge on any atom is 0.0450 e. The second-order valence-electron chi connectivity index (χ2n) is 17.9. The first kappa shape index (κ1) is 51.8. The molecule has 1 aromatic heterocycles. The maximum absolute atomic E-state index is 3.45. The molecule has 0 aliphatic heterocycles. The van der Waals surface area contributed by atoms with Crippen LogP contribution in [0.1, 0.15) is 308 Å². The third-order valence-electron chi connectivity index (χ3n) is 12.3. The van der Waals surface area contributed by atoms with E-state index in [1.165, 1.54) is 294 Å². The van der Waals surface area contributed by atoms with Crippen LogP contribution in [-0.4, -0.2) is 4.98 Å². The average molecular weight is 764 g/mol. The fourth-order valence-electron chi connectivity index (χ4n) is 8.48. The van der Waals surface area contributed by atoms with E-state index in [0.29, 0.717) is 0 Å². The summed E-state index contributed by atoms with van der Waals surface area (Å²) in [5.41, 5.74) is 2.62. The summed E-state index contributed by atoms with van der Waals surface area (Å²) in [6, 6.07) is 2.23. The summed E-state index contributed by atoms with van der Waals surface area (Å²) < 4.78 is 0. The minimum atomic E-state index is 1.21. The Bertz CT molecular complexity index is 820. The number of nitrogens with one attached hydrogen (secondary N) is 1. The topological polar surface area (TPSA) is 15.8 Å². The third-order valence-corrected chi connectivity index (χ3v) is 12.3. The van der Waals surface area contributed by atoms with Gasteiger partial charge in [-0.05, 0) is 43.4 Å². The summed E-state index contributed by atoms with van der Waals surface area (Å²) >= 11 is 0. The first-order valence-corrected chi connectivity index (χ1v) is 25.9. The quantitative estimate of drug-likeness (QED) is 0.0637. The standard InChI is InChI=1S/C54H101N/c1-3-5-7-9-11-13-15-17-19-21-23-25-27-29-31-33-35-37-39-41-43-45-47-49-53-51-52-55-54(53)50-48-46-44-42-40-38-36-34-32-30-28-26-24-22-20-18-16-14-12-10-8-6-4-2/h47-52,55H,3-46H2,1-2H3. The van der Waals surface area contributed by atoms with Crippen molar-refractivity contribution in [2.45, 2.75) is 296 Å². The van der Waals surface area contributed by atoms with Crippen molar-refractivity contribution in [3.05, 3.63) is 35.7 Å². The zero-order valence-electron chi connectivity index (χ0n) is 38.1. The Balaban J connectivity index is 1.81. The molecular weight excluding hydrogens is 663 g/mol. The van der Waals surface area contributed by atoms with E-state index in [-0.39, 0.29) is 0 Å². The minimum Gasteiger partial charge on any atom is -0.361 e. The van der Waals surface area contributed by atoms with Gasteiger partial charge in [0.2, 0.25) is 0 Å². The molecule has 1 heteroatoms. The van der Waals surface area contributed by atoms with Crippen LogP contribution in [0.2, 0.25) is 0 Å². The van der Waals surface area contributed by atoms with E-state index in [9.17, 15) is 0 Å². The Kier molecular flexibility index (Phi) is 42.8. The van der Waals surface area contributed by atoms with Gasteiger partial charge < -0.3 is 4.98 Å². The van der Waals surface area contributed by atoms with Crippen molar-refractivity contribution in [2.24, 2.45) is 0 Å². The molecule has 0 bridgehead atoms. The molecule has 1 N–H and O–H groups in total. The van der Waals surface area contributed by atoms with Crippen LogP contribution in [0.15, 0.2) is 24.4 Å².